The molecular formula is C24H23NO4S. The summed E-state index contributed by atoms with van der Waals surface area (Å²) in [6.45, 7) is 2.34. The number of carbonyl (C=O) groups is 2. The minimum absolute atomic E-state index is 0.385. The van der Waals surface area contributed by atoms with E-state index < -0.39 is 18.0 Å². The third-order valence-electron chi connectivity index (χ3n) is 4.34. The van der Waals surface area contributed by atoms with Crippen LogP contribution in [0.2, 0.25) is 0 Å². The molecule has 0 aliphatic heterocycles. The third kappa shape index (κ3) is 5.42. The molecule has 3 aromatic carbocycles. The van der Waals surface area contributed by atoms with Crippen molar-refractivity contribution in [2.45, 2.75) is 17.9 Å². The Labute approximate surface area is 180 Å². The molecule has 0 aliphatic rings. The van der Waals surface area contributed by atoms with E-state index in [9.17, 15) is 9.59 Å². The Hall–Kier alpha value is -3.25. The first-order valence-electron chi connectivity index (χ1n) is 9.55. The highest BCUT2D eigenvalue weighted by atomic mass is 32.2. The fourth-order valence-electron chi connectivity index (χ4n) is 2.85. The number of benzene rings is 3. The zero-order chi connectivity index (χ0) is 21.3. The van der Waals surface area contributed by atoms with Gasteiger partial charge in [-0.05, 0) is 49.6 Å². The number of para-hydroxylation sites is 2. The first kappa shape index (κ1) is 21.5. The number of nitrogens with one attached hydrogen (secondary N) is 1. The fourth-order valence-corrected chi connectivity index (χ4v) is 3.26. The van der Waals surface area contributed by atoms with Gasteiger partial charge in [0.2, 0.25) is 6.10 Å². The Kier molecular flexibility index (Phi) is 7.51. The van der Waals surface area contributed by atoms with Gasteiger partial charge in [-0.15, -0.1) is 11.8 Å². The molecule has 30 heavy (non-hydrogen) atoms. The van der Waals surface area contributed by atoms with Gasteiger partial charge in [-0.2, -0.15) is 0 Å². The van der Waals surface area contributed by atoms with E-state index in [2.05, 4.69) is 5.32 Å². The van der Waals surface area contributed by atoms with Crippen LogP contribution in [0.1, 0.15) is 28.9 Å². The van der Waals surface area contributed by atoms with Crippen molar-refractivity contribution in [2.75, 3.05) is 18.2 Å². The standard InChI is InChI=1S/C24H23NO4S/c1-3-28-21-12-8-7-11-20(21)25-23(26)22(17-9-5-4-6-10-17)29-24(27)18-13-15-19(30-2)16-14-18/h4-16,22H,3H2,1-2H3,(H,25,26). The molecule has 0 spiro atoms. The van der Waals surface area contributed by atoms with E-state index in [1.165, 1.54) is 0 Å². The molecule has 0 saturated heterocycles. The van der Waals surface area contributed by atoms with Crippen LogP contribution in [0.3, 0.4) is 0 Å². The number of carbonyl (C=O) groups excluding carboxylic acids is 2. The van der Waals surface area contributed by atoms with Crippen molar-refractivity contribution < 1.29 is 19.1 Å². The largest absolute Gasteiger partial charge is 0.492 e. The number of ether oxygens (including phenoxy) is 2. The average molecular weight is 422 g/mol. The molecule has 0 aliphatic carbocycles. The van der Waals surface area contributed by atoms with Gasteiger partial charge < -0.3 is 14.8 Å². The monoisotopic (exact) mass is 421 g/mol. The lowest BCUT2D eigenvalue weighted by molar-refractivity contribution is -0.125. The van der Waals surface area contributed by atoms with Gasteiger partial charge in [0, 0.05) is 10.5 Å². The molecule has 5 nitrogen and oxygen atoms in total. The molecule has 0 radical (unpaired) electrons. The second-order valence-corrected chi connectivity index (χ2v) is 7.22. The lowest BCUT2D eigenvalue weighted by atomic mass is 10.1. The molecule has 0 saturated carbocycles. The highest BCUT2D eigenvalue weighted by molar-refractivity contribution is 7.98. The summed E-state index contributed by atoms with van der Waals surface area (Å²) < 4.78 is 11.2. The van der Waals surface area contributed by atoms with Gasteiger partial charge in [0.15, 0.2) is 0 Å². The molecule has 3 aromatic rings. The predicted octanol–water partition coefficient (Wildman–Crippen LogP) is 5.34. The second kappa shape index (κ2) is 10.5. The number of thioether (sulfide) groups is 1. The summed E-state index contributed by atoms with van der Waals surface area (Å²) in [6.07, 6.45) is 0.858. The van der Waals surface area contributed by atoms with E-state index in [4.69, 9.17) is 9.47 Å². The van der Waals surface area contributed by atoms with E-state index in [1.54, 1.807) is 66.4 Å². The SMILES string of the molecule is CCOc1ccccc1NC(=O)C(OC(=O)c1ccc(SC)cc1)c1ccccc1. The lowest BCUT2D eigenvalue weighted by Gasteiger charge is -2.19. The molecule has 0 aromatic heterocycles. The van der Waals surface area contributed by atoms with Gasteiger partial charge in [0.1, 0.15) is 5.75 Å². The summed E-state index contributed by atoms with van der Waals surface area (Å²) in [7, 11) is 0. The molecule has 0 heterocycles. The van der Waals surface area contributed by atoms with E-state index in [1.807, 2.05) is 37.4 Å². The van der Waals surface area contributed by atoms with E-state index in [0.29, 0.717) is 29.2 Å². The van der Waals surface area contributed by atoms with Crippen LogP contribution >= 0.6 is 11.8 Å². The number of hydrogen-bond acceptors (Lipinski definition) is 5. The maximum atomic E-state index is 13.1. The van der Waals surface area contributed by atoms with Crippen molar-refractivity contribution in [1.82, 2.24) is 0 Å². The van der Waals surface area contributed by atoms with Gasteiger partial charge in [-0.1, -0.05) is 42.5 Å². The summed E-state index contributed by atoms with van der Waals surface area (Å²) in [5.74, 6) is -0.466. The van der Waals surface area contributed by atoms with Crippen molar-refractivity contribution >= 4 is 29.3 Å². The van der Waals surface area contributed by atoms with Crippen LogP contribution in [0.15, 0.2) is 83.8 Å². The molecule has 6 heteroatoms. The van der Waals surface area contributed by atoms with Gasteiger partial charge in [0.25, 0.3) is 5.91 Å². The predicted molar refractivity (Wildman–Crippen MR) is 119 cm³/mol. The quantitative estimate of drug-likeness (QED) is 0.393. The number of rotatable bonds is 8. The Bertz CT molecular complexity index is 990. The zero-order valence-corrected chi connectivity index (χ0v) is 17.6. The van der Waals surface area contributed by atoms with Crippen molar-refractivity contribution in [3.8, 4) is 5.75 Å². The summed E-state index contributed by atoms with van der Waals surface area (Å²) in [4.78, 5) is 26.8. The minimum Gasteiger partial charge on any atom is -0.492 e. The van der Waals surface area contributed by atoms with Crippen molar-refractivity contribution in [3.63, 3.8) is 0 Å². The molecule has 0 fully saturated rings. The lowest BCUT2D eigenvalue weighted by Crippen LogP contribution is -2.26. The Morgan fingerprint density at radius 1 is 0.933 bits per heavy atom. The van der Waals surface area contributed by atoms with E-state index in [-0.39, 0.29) is 0 Å². The first-order chi connectivity index (χ1) is 14.6. The molecule has 1 unspecified atom stereocenters. The molecular weight excluding hydrogens is 398 g/mol. The maximum absolute atomic E-state index is 13.1. The zero-order valence-electron chi connectivity index (χ0n) is 16.8. The number of hydrogen-bond donors (Lipinski definition) is 1. The van der Waals surface area contributed by atoms with Crippen LogP contribution in [0.5, 0.6) is 5.75 Å². The van der Waals surface area contributed by atoms with Crippen LogP contribution in [0, 0.1) is 0 Å². The fraction of sp³-hybridized carbons (Fsp3) is 0.167. The maximum Gasteiger partial charge on any atom is 0.339 e. The van der Waals surface area contributed by atoms with Crippen LogP contribution in [0.25, 0.3) is 0 Å². The van der Waals surface area contributed by atoms with Crippen molar-refractivity contribution in [3.05, 3.63) is 90.0 Å². The van der Waals surface area contributed by atoms with Crippen molar-refractivity contribution in [2.24, 2.45) is 0 Å². The summed E-state index contributed by atoms with van der Waals surface area (Å²) in [5, 5.41) is 2.82. The highest BCUT2D eigenvalue weighted by Crippen LogP contribution is 2.27. The van der Waals surface area contributed by atoms with E-state index >= 15 is 0 Å². The Balaban J connectivity index is 1.84. The van der Waals surface area contributed by atoms with Gasteiger partial charge in [0.05, 0.1) is 17.9 Å². The number of anilines is 1. The normalized spacial score (nSPS) is 11.4. The molecule has 1 N–H and O–H groups in total. The summed E-state index contributed by atoms with van der Waals surface area (Å²) in [6, 6.07) is 23.2. The third-order valence-corrected chi connectivity index (χ3v) is 5.08. The molecule has 1 amide bonds. The average Bonchev–Trinajstić information content (AvgIpc) is 2.79. The Morgan fingerprint density at radius 3 is 2.27 bits per heavy atom. The molecule has 3 rings (SSSR count). The van der Waals surface area contributed by atoms with Gasteiger partial charge in [-0.25, -0.2) is 4.79 Å². The molecule has 0 bridgehead atoms. The second-order valence-electron chi connectivity index (χ2n) is 6.34. The number of esters is 1. The van der Waals surface area contributed by atoms with Crippen LogP contribution in [-0.4, -0.2) is 24.7 Å². The highest BCUT2D eigenvalue weighted by Gasteiger charge is 2.26. The van der Waals surface area contributed by atoms with Crippen LogP contribution in [0.4, 0.5) is 5.69 Å². The smallest absolute Gasteiger partial charge is 0.339 e. The molecule has 154 valence electrons. The van der Waals surface area contributed by atoms with Crippen LogP contribution < -0.4 is 10.1 Å². The van der Waals surface area contributed by atoms with Gasteiger partial charge in [-0.3, -0.25) is 4.79 Å². The van der Waals surface area contributed by atoms with Gasteiger partial charge >= 0.3 is 5.97 Å². The van der Waals surface area contributed by atoms with Crippen LogP contribution in [-0.2, 0) is 9.53 Å². The summed E-state index contributed by atoms with van der Waals surface area (Å²) >= 11 is 1.58. The van der Waals surface area contributed by atoms with E-state index in [0.717, 1.165) is 4.90 Å². The Morgan fingerprint density at radius 2 is 1.60 bits per heavy atom. The minimum atomic E-state index is -1.10. The topological polar surface area (TPSA) is 64.6 Å². The first-order valence-corrected chi connectivity index (χ1v) is 10.8. The molecule has 1 atom stereocenters. The summed E-state index contributed by atoms with van der Waals surface area (Å²) in [5.41, 5.74) is 1.49. The number of amides is 1. The van der Waals surface area contributed by atoms with Crippen molar-refractivity contribution in [1.29, 1.82) is 0 Å².